The smallest absolute Gasteiger partial charge is 0.233 e. The molecule has 3 rings (SSSR count). The predicted molar refractivity (Wildman–Crippen MR) is 102 cm³/mol. The molecule has 0 aliphatic carbocycles. The Labute approximate surface area is 156 Å². The highest BCUT2D eigenvalue weighted by atomic mass is 32.2. The molecule has 130 valence electrons. The lowest BCUT2D eigenvalue weighted by atomic mass is 10.1. The Balaban J connectivity index is 1.74. The topological polar surface area (TPSA) is 57.0 Å². The van der Waals surface area contributed by atoms with Crippen molar-refractivity contribution in [2.75, 3.05) is 12.3 Å². The minimum Gasteiger partial charge on any atom is -0.334 e. The fourth-order valence-corrected chi connectivity index (χ4v) is 5.05. The third kappa shape index (κ3) is 3.58. The van der Waals surface area contributed by atoms with Gasteiger partial charge in [0.15, 0.2) is 0 Å². The first kappa shape index (κ1) is 18.0. The van der Waals surface area contributed by atoms with Gasteiger partial charge in [-0.2, -0.15) is 5.26 Å². The number of thiophene rings is 1. The van der Waals surface area contributed by atoms with Crippen LogP contribution in [0, 0.1) is 32.1 Å². The molecule has 2 aromatic rings. The molecular weight excluding hydrogens is 350 g/mol. The normalized spacial score (nSPS) is 16.9. The summed E-state index contributed by atoms with van der Waals surface area (Å²) in [4.78, 5) is 20.5. The standard InChI is InChI=1S/C19H21N3OS2/c1-12-13(2)15(10-20)19(21-14(12)3)25-11-18(23)22-8-4-6-16(22)17-7-5-9-24-17/h5,7,9,16H,4,6,8,11H2,1-3H3/t16-/m0/s1. The van der Waals surface area contributed by atoms with Crippen LogP contribution in [0.15, 0.2) is 22.5 Å². The van der Waals surface area contributed by atoms with E-state index in [9.17, 15) is 10.1 Å². The first-order valence-electron chi connectivity index (χ1n) is 8.36. The van der Waals surface area contributed by atoms with Crippen LogP contribution >= 0.6 is 23.1 Å². The monoisotopic (exact) mass is 371 g/mol. The lowest BCUT2D eigenvalue weighted by Crippen LogP contribution is -2.31. The molecule has 0 aromatic carbocycles. The van der Waals surface area contributed by atoms with E-state index in [-0.39, 0.29) is 11.9 Å². The van der Waals surface area contributed by atoms with Gasteiger partial charge in [-0.3, -0.25) is 4.79 Å². The number of likely N-dealkylation sites (tertiary alicyclic amines) is 1. The number of hydrogen-bond donors (Lipinski definition) is 0. The highest BCUT2D eigenvalue weighted by molar-refractivity contribution is 8.00. The van der Waals surface area contributed by atoms with Crippen LogP contribution in [0.5, 0.6) is 0 Å². The summed E-state index contributed by atoms with van der Waals surface area (Å²) in [6, 6.07) is 6.60. The van der Waals surface area contributed by atoms with Gasteiger partial charge in [-0.25, -0.2) is 4.98 Å². The van der Waals surface area contributed by atoms with E-state index in [4.69, 9.17) is 0 Å². The number of rotatable bonds is 4. The lowest BCUT2D eigenvalue weighted by Gasteiger charge is -2.24. The Bertz CT molecular complexity index is 824. The number of aromatic nitrogens is 1. The molecule has 3 heterocycles. The summed E-state index contributed by atoms with van der Waals surface area (Å²) in [7, 11) is 0. The largest absolute Gasteiger partial charge is 0.334 e. The summed E-state index contributed by atoms with van der Waals surface area (Å²) in [5.41, 5.74) is 3.52. The molecule has 4 nitrogen and oxygen atoms in total. The second kappa shape index (κ2) is 7.59. The summed E-state index contributed by atoms with van der Waals surface area (Å²) < 4.78 is 0. The van der Waals surface area contributed by atoms with Crippen molar-refractivity contribution >= 4 is 29.0 Å². The first-order chi connectivity index (χ1) is 12.0. The minimum atomic E-state index is 0.127. The first-order valence-corrected chi connectivity index (χ1v) is 10.2. The van der Waals surface area contributed by atoms with Gasteiger partial charge < -0.3 is 4.90 Å². The van der Waals surface area contributed by atoms with Crippen LogP contribution in [0.2, 0.25) is 0 Å². The maximum atomic E-state index is 12.8. The van der Waals surface area contributed by atoms with Gasteiger partial charge in [-0.05, 0) is 56.2 Å². The van der Waals surface area contributed by atoms with Crippen molar-refractivity contribution in [1.82, 2.24) is 9.88 Å². The predicted octanol–water partition coefficient (Wildman–Crippen LogP) is 4.40. The van der Waals surface area contributed by atoms with E-state index in [1.165, 1.54) is 16.6 Å². The second-order valence-electron chi connectivity index (χ2n) is 6.29. The van der Waals surface area contributed by atoms with Crippen LogP contribution in [0.1, 0.15) is 46.1 Å². The van der Waals surface area contributed by atoms with Gasteiger partial charge in [-0.1, -0.05) is 17.8 Å². The summed E-state index contributed by atoms with van der Waals surface area (Å²) in [6.07, 6.45) is 2.07. The third-order valence-corrected chi connectivity index (χ3v) is 6.79. The van der Waals surface area contributed by atoms with Crippen LogP contribution in [-0.4, -0.2) is 28.1 Å². The van der Waals surface area contributed by atoms with Crippen molar-refractivity contribution in [2.24, 2.45) is 0 Å². The van der Waals surface area contributed by atoms with Crippen LogP contribution < -0.4 is 0 Å². The number of aryl methyl sites for hydroxylation is 1. The molecule has 6 heteroatoms. The molecule has 0 bridgehead atoms. The number of amides is 1. The van der Waals surface area contributed by atoms with Gasteiger partial charge >= 0.3 is 0 Å². The Morgan fingerprint density at radius 3 is 2.92 bits per heavy atom. The molecule has 1 aliphatic heterocycles. The fourth-order valence-electron chi connectivity index (χ4n) is 3.20. The van der Waals surface area contributed by atoms with E-state index >= 15 is 0 Å². The molecule has 0 unspecified atom stereocenters. The number of carbonyl (C=O) groups excluding carboxylic acids is 1. The number of nitriles is 1. The van der Waals surface area contributed by atoms with Crippen molar-refractivity contribution in [3.8, 4) is 6.07 Å². The zero-order valence-corrected chi connectivity index (χ0v) is 16.3. The number of carbonyl (C=O) groups is 1. The summed E-state index contributed by atoms with van der Waals surface area (Å²) in [5.74, 6) is 0.452. The molecular formula is C19H21N3OS2. The van der Waals surface area contributed by atoms with Gasteiger partial charge in [0, 0.05) is 17.1 Å². The van der Waals surface area contributed by atoms with Gasteiger partial charge in [0.2, 0.25) is 5.91 Å². The fraction of sp³-hybridized carbons (Fsp3) is 0.421. The average molecular weight is 372 g/mol. The molecule has 25 heavy (non-hydrogen) atoms. The van der Waals surface area contributed by atoms with Crippen molar-refractivity contribution in [3.05, 3.63) is 44.8 Å². The Morgan fingerprint density at radius 1 is 1.44 bits per heavy atom. The zero-order chi connectivity index (χ0) is 18.0. The van der Waals surface area contributed by atoms with Crippen LogP contribution in [0.4, 0.5) is 0 Å². The Kier molecular flexibility index (Phi) is 5.45. The molecule has 0 radical (unpaired) electrons. The minimum absolute atomic E-state index is 0.127. The molecule has 2 aromatic heterocycles. The molecule has 0 saturated carbocycles. The maximum absolute atomic E-state index is 12.8. The van der Waals surface area contributed by atoms with Crippen LogP contribution in [0.3, 0.4) is 0 Å². The number of thioether (sulfide) groups is 1. The number of pyridine rings is 1. The van der Waals surface area contributed by atoms with Gasteiger partial charge in [0.1, 0.15) is 11.1 Å². The van der Waals surface area contributed by atoms with E-state index in [0.29, 0.717) is 16.3 Å². The van der Waals surface area contributed by atoms with Gasteiger partial charge in [-0.15, -0.1) is 11.3 Å². The van der Waals surface area contributed by atoms with E-state index in [1.807, 2.05) is 31.7 Å². The van der Waals surface area contributed by atoms with E-state index in [2.05, 4.69) is 22.5 Å². The zero-order valence-electron chi connectivity index (χ0n) is 14.7. The lowest BCUT2D eigenvalue weighted by molar-refractivity contribution is -0.129. The SMILES string of the molecule is Cc1nc(SCC(=O)N2CCC[C@H]2c2cccs2)c(C#N)c(C)c1C. The molecule has 0 N–H and O–H groups in total. The summed E-state index contributed by atoms with van der Waals surface area (Å²) >= 11 is 3.09. The van der Waals surface area contributed by atoms with Gasteiger partial charge in [0.05, 0.1) is 17.4 Å². The van der Waals surface area contributed by atoms with Crippen molar-refractivity contribution < 1.29 is 4.79 Å². The molecule has 1 amide bonds. The number of nitrogens with zero attached hydrogens (tertiary/aromatic N) is 3. The third-order valence-electron chi connectivity index (χ3n) is 4.85. The van der Waals surface area contributed by atoms with E-state index < -0.39 is 0 Å². The van der Waals surface area contributed by atoms with E-state index in [1.54, 1.807) is 11.3 Å². The van der Waals surface area contributed by atoms with Crippen LogP contribution in [-0.2, 0) is 4.79 Å². The Morgan fingerprint density at radius 2 is 2.24 bits per heavy atom. The summed E-state index contributed by atoms with van der Waals surface area (Å²) in [6.45, 7) is 6.69. The molecule has 1 fully saturated rings. The van der Waals surface area contributed by atoms with Crippen molar-refractivity contribution in [3.63, 3.8) is 0 Å². The maximum Gasteiger partial charge on any atom is 0.233 e. The molecule has 0 spiro atoms. The average Bonchev–Trinajstić information content (AvgIpc) is 3.28. The summed E-state index contributed by atoms with van der Waals surface area (Å²) in [5, 5.41) is 12.2. The quantitative estimate of drug-likeness (QED) is 0.748. The van der Waals surface area contributed by atoms with Crippen molar-refractivity contribution in [2.45, 2.75) is 44.7 Å². The Hall–Kier alpha value is -1.84. The van der Waals surface area contributed by atoms with Crippen LogP contribution in [0.25, 0.3) is 0 Å². The molecule has 1 atom stereocenters. The van der Waals surface area contributed by atoms with Crippen molar-refractivity contribution in [1.29, 1.82) is 5.26 Å². The second-order valence-corrected chi connectivity index (χ2v) is 8.23. The molecule has 1 saturated heterocycles. The van der Waals surface area contributed by atoms with Gasteiger partial charge in [0.25, 0.3) is 0 Å². The highest BCUT2D eigenvalue weighted by Gasteiger charge is 2.30. The van der Waals surface area contributed by atoms with E-state index in [0.717, 1.165) is 36.2 Å². The molecule has 1 aliphatic rings. The highest BCUT2D eigenvalue weighted by Crippen LogP contribution is 2.35. The number of hydrogen-bond acceptors (Lipinski definition) is 5.